The summed E-state index contributed by atoms with van der Waals surface area (Å²) in [5.41, 5.74) is 3.02. The van der Waals surface area contributed by atoms with Gasteiger partial charge in [0, 0.05) is 45.8 Å². The van der Waals surface area contributed by atoms with Crippen molar-refractivity contribution in [2.75, 3.05) is 20.1 Å². The van der Waals surface area contributed by atoms with Crippen LogP contribution in [0.3, 0.4) is 0 Å². The summed E-state index contributed by atoms with van der Waals surface area (Å²) in [6, 6.07) is 12.2. The summed E-state index contributed by atoms with van der Waals surface area (Å²) >= 11 is 0. The molecule has 1 aliphatic heterocycles. The number of hydrogen-bond acceptors (Lipinski definition) is 3. The van der Waals surface area contributed by atoms with Gasteiger partial charge in [-0.05, 0) is 62.5 Å². The van der Waals surface area contributed by atoms with Crippen LogP contribution in [-0.2, 0) is 18.3 Å². The quantitative estimate of drug-likeness (QED) is 0.596. The van der Waals surface area contributed by atoms with E-state index in [2.05, 4.69) is 23.3 Å². The second kappa shape index (κ2) is 10.8. The first-order valence-corrected chi connectivity index (χ1v) is 12.3. The molecule has 2 heterocycles. The molecule has 6 nitrogen and oxygen atoms in total. The fraction of sp³-hybridized carbons (Fsp3) is 0.519. The zero-order chi connectivity index (χ0) is 23.2. The molecule has 0 spiro atoms. The van der Waals surface area contributed by atoms with Crippen LogP contribution in [0.5, 0.6) is 0 Å². The normalized spacial score (nSPS) is 18.0. The van der Waals surface area contributed by atoms with Crippen LogP contribution in [0.1, 0.15) is 61.0 Å². The molecular formula is C27H36N4O2. The van der Waals surface area contributed by atoms with E-state index in [1.165, 1.54) is 24.0 Å². The molecule has 6 heteroatoms. The molecule has 1 aromatic carbocycles. The number of rotatable bonds is 7. The van der Waals surface area contributed by atoms with Crippen molar-refractivity contribution in [3.05, 3.63) is 65.5 Å². The van der Waals surface area contributed by atoms with Gasteiger partial charge in [0.25, 0.3) is 5.91 Å². The highest BCUT2D eigenvalue weighted by atomic mass is 16.2. The molecule has 0 N–H and O–H groups in total. The number of carbonyl (C=O) groups excluding carboxylic acids is 2. The van der Waals surface area contributed by atoms with Crippen LogP contribution in [0, 0.1) is 5.92 Å². The van der Waals surface area contributed by atoms with Gasteiger partial charge in [-0.2, -0.15) is 5.10 Å². The number of carbonyl (C=O) groups is 2. The highest BCUT2D eigenvalue weighted by molar-refractivity contribution is 5.92. The highest BCUT2D eigenvalue weighted by Gasteiger charge is 2.33. The summed E-state index contributed by atoms with van der Waals surface area (Å²) in [6.07, 6.45) is 11.9. The number of likely N-dealkylation sites (N-methyl/N-ethyl adjacent to an activating group) is 1. The number of nitrogens with zero attached hydrogens (tertiary/aromatic N) is 4. The molecule has 176 valence electrons. The van der Waals surface area contributed by atoms with Crippen molar-refractivity contribution in [1.29, 1.82) is 0 Å². The Morgan fingerprint density at radius 3 is 2.52 bits per heavy atom. The third-order valence-corrected chi connectivity index (χ3v) is 7.24. The van der Waals surface area contributed by atoms with Crippen LogP contribution in [-0.4, -0.2) is 57.6 Å². The van der Waals surface area contributed by atoms with Crippen molar-refractivity contribution in [3.8, 4) is 0 Å². The SMILES string of the molecule is CN(C(=O)c1ccn(C)n1)[C@H](Cc1ccccc1)C1CCN(C(=O)CC2=CCCCC2)CC1. The van der Waals surface area contributed by atoms with Crippen LogP contribution >= 0.6 is 0 Å². The molecule has 1 saturated heterocycles. The molecular weight excluding hydrogens is 412 g/mol. The van der Waals surface area contributed by atoms with Gasteiger partial charge in [0.15, 0.2) is 0 Å². The summed E-state index contributed by atoms with van der Waals surface area (Å²) in [5.74, 6) is 0.569. The number of allylic oxidation sites excluding steroid dienone is 1. The summed E-state index contributed by atoms with van der Waals surface area (Å²) in [4.78, 5) is 30.0. The highest BCUT2D eigenvalue weighted by Crippen LogP contribution is 2.28. The van der Waals surface area contributed by atoms with E-state index in [1.54, 1.807) is 16.9 Å². The van der Waals surface area contributed by atoms with Crippen molar-refractivity contribution in [3.63, 3.8) is 0 Å². The number of aromatic nitrogens is 2. The third-order valence-electron chi connectivity index (χ3n) is 7.24. The molecule has 0 bridgehead atoms. The summed E-state index contributed by atoms with van der Waals surface area (Å²) in [6.45, 7) is 1.54. The molecule has 0 unspecified atom stereocenters. The first-order chi connectivity index (χ1) is 16.0. The number of amides is 2. The van der Waals surface area contributed by atoms with Crippen molar-refractivity contribution >= 4 is 11.8 Å². The molecule has 1 fully saturated rings. The third kappa shape index (κ3) is 5.92. The molecule has 1 aliphatic carbocycles. The fourth-order valence-corrected chi connectivity index (χ4v) is 5.24. The number of hydrogen-bond donors (Lipinski definition) is 0. The van der Waals surface area contributed by atoms with Gasteiger partial charge in [-0.25, -0.2) is 0 Å². The monoisotopic (exact) mass is 448 g/mol. The molecule has 1 aromatic heterocycles. The molecule has 2 amide bonds. The lowest BCUT2D eigenvalue weighted by Gasteiger charge is -2.40. The zero-order valence-electron chi connectivity index (χ0n) is 19.9. The van der Waals surface area contributed by atoms with Crippen molar-refractivity contribution in [1.82, 2.24) is 19.6 Å². The number of aryl methyl sites for hydroxylation is 1. The minimum atomic E-state index is -0.0423. The van der Waals surface area contributed by atoms with Gasteiger partial charge in [0.2, 0.25) is 5.91 Å². The summed E-state index contributed by atoms with van der Waals surface area (Å²) in [5, 5.41) is 4.32. The van der Waals surface area contributed by atoms with Crippen LogP contribution in [0.2, 0.25) is 0 Å². The number of benzene rings is 1. The van der Waals surface area contributed by atoms with Gasteiger partial charge < -0.3 is 9.80 Å². The predicted molar refractivity (Wildman–Crippen MR) is 130 cm³/mol. The largest absolute Gasteiger partial charge is 0.342 e. The first kappa shape index (κ1) is 23.3. The lowest BCUT2D eigenvalue weighted by molar-refractivity contribution is -0.132. The van der Waals surface area contributed by atoms with E-state index in [0.717, 1.165) is 45.2 Å². The maximum Gasteiger partial charge on any atom is 0.274 e. The average molecular weight is 449 g/mol. The van der Waals surface area contributed by atoms with Crippen LogP contribution < -0.4 is 0 Å². The maximum atomic E-state index is 13.2. The van der Waals surface area contributed by atoms with Gasteiger partial charge in [-0.15, -0.1) is 0 Å². The van der Waals surface area contributed by atoms with E-state index in [0.29, 0.717) is 18.0 Å². The minimum absolute atomic E-state index is 0.0423. The van der Waals surface area contributed by atoms with Gasteiger partial charge in [-0.1, -0.05) is 42.0 Å². The van der Waals surface area contributed by atoms with Gasteiger partial charge in [0.1, 0.15) is 5.69 Å². The Labute approximate surface area is 197 Å². The van der Waals surface area contributed by atoms with Crippen molar-refractivity contribution in [2.24, 2.45) is 13.0 Å². The first-order valence-electron chi connectivity index (χ1n) is 12.3. The average Bonchev–Trinajstić information content (AvgIpc) is 3.29. The second-order valence-electron chi connectivity index (χ2n) is 9.55. The molecule has 4 rings (SSSR count). The molecule has 0 radical (unpaired) electrons. The Kier molecular flexibility index (Phi) is 7.63. The van der Waals surface area contributed by atoms with E-state index in [-0.39, 0.29) is 17.9 Å². The predicted octanol–water partition coefficient (Wildman–Crippen LogP) is 4.23. The fourth-order valence-electron chi connectivity index (χ4n) is 5.24. The molecule has 33 heavy (non-hydrogen) atoms. The van der Waals surface area contributed by atoms with Crippen LogP contribution in [0.25, 0.3) is 0 Å². The lowest BCUT2D eigenvalue weighted by atomic mass is 9.84. The Morgan fingerprint density at radius 1 is 1.12 bits per heavy atom. The standard InChI is InChI=1S/C27H36N4O2/c1-29-16-15-24(28-29)27(33)30(2)25(19-21-9-5-3-6-10-21)23-13-17-31(18-14-23)26(32)20-22-11-7-4-8-12-22/h3,5-6,9-11,15-16,23,25H,4,7-8,12-14,17-20H2,1-2H3/t25-/m1/s1. The van der Waals surface area contributed by atoms with Gasteiger partial charge in [0.05, 0.1) is 0 Å². The number of piperidine rings is 1. The maximum absolute atomic E-state index is 13.2. The minimum Gasteiger partial charge on any atom is -0.342 e. The van der Waals surface area contributed by atoms with Gasteiger partial charge in [-0.3, -0.25) is 14.3 Å². The molecule has 2 aliphatic rings. The topological polar surface area (TPSA) is 58.4 Å². The summed E-state index contributed by atoms with van der Waals surface area (Å²) < 4.78 is 1.67. The number of likely N-dealkylation sites (tertiary alicyclic amines) is 1. The van der Waals surface area contributed by atoms with Crippen molar-refractivity contribution < 1.29 is 9.59 Å². The molecule has 2 aromatic rings. The van der Waals surface area contributed by atoms with Gasteiger partial charge >= 0.3 is 0 Å². The lowest BCUT2D eigenvalue weighted by Crippen LogP contribution is -2.48. The molecule has 1 atom stereocenters. The Hall–Kier alpha value is -2.89. The van der Waals surface area contributed by atoms with E-state index in [4.69, 9.17) is 0 Å². The van der Waals surface area contributed by atoms with E-state index >= 15 is 0 Å². The second-order valence-corrected chi connectivity index (χ2v) is 9.55. The van der Waals surface area contributed by atoms with Crippen LogP contribution in [0.15, 0.2) is 54.2 Å². The van der Waals surface area contributed by atoms with Crippen LogP contribution in [0.4, 0.5) is 0 Å². The van der Waals surface area contributed by atoms with E-state index in [1.807, 2.05) is 42.1 Å². The zero-order valence-corrected chi connectivity index (χ0v) is 19.9. The smallest absolute Gasteiger partial charge is 0.274 e. The Morgan fingerprint density at radius 2 is 1.88 bits per heavy atom. The summed E-state index contributed by atoms with van der Waals surface area (Å²) in [7, 11) is 3.73. The Bertz CT molecular complexity index is 973. The van der Waals surface area contributed by atoms with E-state index < -0.39 is 0 Å². The van der Waals surface area contributed by atoms with E-state index in [9.17, 15) is 9.59 Å². The molecule has 0 saturated carbocycles. The Balaban J connectivity index is 1.43. The van der Waals surface area contributed by atoms with Crippen molar-refractivity contribution in [2.45, 2.75) is 57.4 Å².